The van der Waals surface area contributed by atoms with Crippen LogP contribution in [-0.2, 0) is 9.53 Å². The molecule has 44 heavy (non-hydrogen) atoms. The number of alkyl halides is 2. The van der Waals surface area contributed by atoms with Gasteiger partial charge in [-0.15, -0.1) is 0 Å². The summed E-state index contributed by atoms with van der Waals surface area (Å²) in [5, 5.41) is 7.68. The molecule has 2 amide bonds. The number of nitrogens with zero attached hydrogens (tertiary/aromatic N) is 4. The van der Waals surface area contributed by atoms with E-state index in [1.807, 2.05) is 64.1 Å². The highest BCUT2D eigenvalue weighted by Crippen LogP contribution is 2.38. The molecule has 12 heteroatoms. The molecule has 1 saturated heterocycles. The molecule has 0 saturated carbocycles. The van der Waals surface area contributed by atoms with Gasteiger partial charge in [0, 0.05) is 48.0 Å². The molecule has 0 bridgehead atoms. The minimum absolute atomic E-state index is 0.0305. The molecular formula is C32H34Cl2N6O4. The molecule has 1 atom stereocenters. The second kappa shape index (κ2) is 13.2. The van der Waals surface area contributed by atoms with Gasteiger partial charge in [-0.1, -0.05) is 47.5 Å². The molecule has 0 spiro atoms. The van der Waals surface area contributed by atoms with Crippen molar-refractivity contribution in [2.75, 3.05) is 23.7 Å². The molecule has 2 aromatic carbocycles. The molecule has 1 unspecified atom stereocenters. The Hall–Kier alpha value is -4.15. The van der Waals surface area contributed by atoms with Gasteiger partial charge in [-0.2, -0.15) is 0 Å². The average Bonchev–Trinajstić information content (AvgIpc) is 2.98. The van der Waals surface area contributed by atoms with Gasteiger partial charge < -0.3 is 25.0 Å². The number of likely N-dealkylation sites (tertiary alicyclic amines) is 1. The van der Waals surface area contributed by atoms with Crippen molar-refractivity contribution in [1.82, 2.24) is 19.9 Å². The van der Waals surface area contributed by atoms with Gasteiger partial charge in [-0.05, 0) is 70.4 Å². The Balaban J connectivity index is 1.39. The molecule has 0 aliphatic carbocycles. The number of benzene rings is 2. The van der Waals surface area contributed by atoms with Gasteiger partial charge in [0.1, 0.15) is 11.4 Å². The van der Waals surface area contributed by atoms with E-state index in [0.29, 0.717) is 47.6 Å². The number of rotatable bonds is 7. The van der Waals surface area contributed by atoms with Crippen LogP contribution < -0.4 is 15.4 Å². The number of aryl methyl sites for hydroxylation is 1. The molecule has 5 rings (SSSR count). The molecule has 3 heterocycles. The fourth-order valence-corrected chi connectivity index (χ4v) is 5.09. The maximum absolute atomic E-state index is 12.6. The van der Waals surface area contributed by atoms with Gasteiger partial charge >= 0.3 is 6.09 Å². The van der Waals surface area contributed by atoms with Crippen molar-refractivity contribution in [3.63, 3.8) is 0 Å². The molecule has 1 aliphatic rings. The lowest BCUT2D eigenvalue weighted by Gasteiger charge is -2.34. The Labute approximate surface area is 266 Å². The molecule has 2 aromatic heterocycles. The number of amides is 2. The summed E-state index contributed by atoms with van der Waals surface area (Å²) in [5.41, 5.74) is 2.17. The Bertz CT molecular complexity index is 1680. The number of anilines is 2. The first-order chi connectivity index (χ1) is 21.0. The van der Waals surface area contributed by atoms with E-state index in [0.717, 1.165) is 29.2 Å². The largest absolute Gasteiger partial charge is 0.444 e. The van der Waals surface area contributed by atoms with Crippen molar-refractivity contribution in [2.24, 2.45) is 0 Å². The minimum Gasteiger partial charge on any atom is -0.444 e. The summed E-state index contributed by atoms with van der Waals surface area (Å²) < 4.78 is 12.0. The Morgan fingerprint density at radius 2 is 1.84 bits per heavy atom. The number of hydrogen-bond donors (Lipinski definition) is 2. The Morgan fingerprint density at radius 1 is 1.02 bits per heavy atom. The molecule has 1 fully saturated rings. The highest BCUT2D eigenvalue weighted by atomic mass is 35.5. The second-order valence-corrected chi connectivity index (χ2v) is 12.6. The number of halogens is 2. The van der Waals surface area contributed by atoms with Crippen molar-refractivity contribution in [1.29, 1.82) is 0 Å². The molecule has 0 radical (unpaired) electrons. The van der Waals surface area contributed by atoms with E-state index in [1.165, 1.54) is 0 Å². The monoisotopic (exact) mass is 636 g/mol. The predicted octanol–water partition coefficient (Wildman–Crippen LogP) is 7.35. The van der Waals surface area contributed by atoms with Crippen LogP contribution in [-0.4, -0.2) is 61.4 Å². The predicted molar refractivity (Wildman–Crippen MR) is 173 cm³/mol. The quantitative estimate of drug-likeness (QED) is 0.202. The third-order valence-corrected chi connectivity index (χ3v) is 7.37. The molecular weight excluding hydrogens is 603 g/mol. The van der Waals surface area contributed by atoms with Crippen LogP contribution in [0, 0.1) is 6.92 Å². The van der Waals surface area contributed by atoms with E-state index in [9.17, 15) is 9.59 Å². The summed E-state index contributed by atoms with van der Waals surface area (Å²) >= 11 is 11.5. The van der Waals surface area contributed by atoms with Gasteiger partial charge in [0.05, 0.1) is 11.3 Å². The van der Waals surface area contributed by atoms with Gasteiger partial charge in [0.2, 0.25) is 11.8 Å². The summed E-state index contributed by atoms with van der Waals surface area (Å²) in [5.74, 6) is 0.864. The highest BCUT2D eigenvalue weighted by Gasteiger charge is 2.28. The van der Waals surface area contributed by atoms with Gasteiger partial charge in [-0.3, -0.25) is 4.79 Å². The van der Waals surface area contributed by atoms with Crippen molar-refractivity contribution in [3.05, 3.63) is 66.5 Å². The zero-order valence-electron chi connectivity index (χ0n) is 24.9. The van der Waals surface area contributed by atoms with E-state index >= 15 is 0 Å². The zero-order chi connectivity index (χ0) is 31.4. The average molecular weight is 638 g/mol. The number of carbonyl (C=O) groups is 2. The number of piperidine rings is 1. The van der Waals surface area contributed by atoms with Gasteiger partial charge in [0.15, 0.2) is 4.84 Å². The Kier molecular flexibility index (Phi) is 9.41. The summed E-state index contributed by atoms with van der Waals surface area (Å²) in [4.78, 5) is 39.1. The van der Waals surface area contributed by atoms with E-state index in [1.54, 1.807) is 29.4 Å². The summed E-state index contributed by atoms with van der Waals surface area (Å²) in [6.07, 6.45) is 4.71. The number of carbonyl (C=O) groups excluding carboxylic acids is 2. The molecule has 10 nitrogen and oxygen atoms in total. The van der Waals surface area contributed by atoms with Crippen LogP contribution in [0.25, 0.3) is 22.0 Å². The molecule has 4 aromatic rings. The van der Waals surface area contributed by atoms with Crippen LogP contribution in [0.4, 0.5) is 16.4 Å². The fraction of sp³-hybridized carbons (Fsp3) is 0.344. The van der Waals surface area contributed by atoms with Crippen LogP contribution in [0.5, 0.6) is 11.6 Å². The third kappa shape index (κ3) is 7.49. The van der Waals surface area contributed by atoms with Gasteiger partial charge in [0.25, 0.3) is 5.91 Å². The summed E-state index contributed by atoms with van der Waals surface area (Å²) in [6.45, 7) is 8.65. The van der Waals surface area contributed by atoms with E-state index < -0.39 is 16.3 Å². The van der Waals surface area contributed by atoms with Crippen LogP contribution >= 0.6 is 23.2 Å². The van der Waals surface area contributed by atoms with Crippen LogP contribution in [0.3, 0.4) is 0 Å². The summed E-state index contributed by atoms with van der Waals surface area (Å²) in [6, 6.07) is 14.8. The van der Waals surface area contributed by atoms with Gasteiger partial charge in [-0.25, -0.2) is 19.7 Å². The smallest absolute Gasteiger partial charge is 0.410 e. The van der Waals surface area contributed by atoms with Crippen molar-refractivity contribution in [3.8, 4) is 22.9 Å². The van der Waals surface area contributed by atoms with E-state index in [2.05, 4.69) is 20.6 Å². The molecule has 230 valence electrons. The van der Waals surface area contributed by atoms with E-state index in [-0.39, 0.29) is 12.1 Å². The van der Waals surface area contributed by atoms with Crippen molar-refractivity contribution in [2.45, 2.75) is 57.0 Å². The number of aromatic nitrogens is 3. The number of pyridine rings is 1. The lowest BCUT2D eigenvalue weighted by Crippen LogP contribution is -2.47. The van der Waals surface area contributed by atoms with Crippen LogP contribution in [0.1, 0.15) is 39.2 Å². The number of hydrogen-bond acceptors (Lipinski definition) is 8. The first kappa shape index (κ1) is 31.3. The van der Waals surface area contributed by atoms with Crippen LogP contribution in [0.2, 0.25) is 0 Å². The third-order valence-electron chi connectivity index (χ3n) is 6.97. The minimum atomic E-state index is -1.20. The highest BCUT2D eigenvalue weighted by molar-refractivity contribution is 6.54. The zero-order valence-corrected chi connectivity index (χ0v) is 26.4. The first-order valence-electron chi connectivity index (χ1n) is 14.3. The second-order valence-electron chi connectivity index (χ2n) is 11.5. The normalized spacial score (nSPS) is 15.2. The lowest BCUT2D eigenvalue weighted by atomic mass is 10.0. The summed E-state index contributed by atoms with van der Waals surface area (Å²) in [7, 11) is 0. The van der Waals surface area contributed by atoms with Crippen LogP contribution in [0.15, 0.2) is 60.9 Å². The van der Waals surface area contributed by atoms with E-state index in [4.69, 9.17) is 37.7 Å². The van der Waals surface area contributed by atoms with Crippen molar-refractivity contribution < 1.29 is 19.1 Å². The number of nitrogens with one attached hydrogen (secondary N) is 2. The fourth-order valence-electron chi connectivity index (χ4n) is 4.98. The maximum atomic E-state index is 12.6. The standard InChI is InChI=1S/C32H34Cl2N6O4/c1-19-12-13-21-22(9-5-11-24(21)38-28(41)27(33)34)26(19)43-29-23(10-6-15-35-29)25-14-16-36-30(39-25)37-20-8-7-17-40(18-20)31(42)44-32(2,3)4/h5-6,9-16,20,27H,7-8,17-18H2,1-4H3,(H,38,41)(H,36,37,39). The SMILES string of the molecule is Cc1ccc2c(NC(=O)C(Cl)Cl)cccc2c1Oc1ncccc1-c1ccnc(NC2CCCN(C(=O)OC(C)(C)C)C2)n1. The number of fused-ring (bicyclic) bond motifs is 1. The molecule has 2 N–H and O–H groups in total. The first-order valence-corrected chi connectivity index (χ1v) is 15.2. The molecule has 1 aliphatic heterocycles. The maximum Gasteiger partial charge on any atom is 0.410 e. The number of ether oxygens (including phenoxy) is 2. The Morgan fingerprint density at radius 3 is 2.61 bits per heavy atom. The van der Waals surface area contributed by atoms with Crippen molar-refractivity contribution >= 4 is 57.6 Å². The topological polar surface area (TPSA) is 119 Å². The lowest BCUT2D eigenvalue weighted by molar-refractivity contribution is -0.114.